The number of fused-ring (bicyclic) bond motifs is 2. The van der Waals surface area contributed by atoms with E-state index in [9.17, 15) is 4.79 Å². The molecule has 4 aromatic rings. The van der Waals surface area contributed by atoms with Crippen LogP contribution < -0.4 is 5.32 Å². The lowest BCUT2D eigenvalue weighted by atomic mass is 10.0. The molecule has 4 heteroatoms. The number of nitrogens with zero attached hydrogens (tertiary/aromatic N) is 1. The highest BCUT2D eigenvalue weighted by molar-refractivity contribution is 5.87. The molecule has 4 nitrogen and oxygen atoms in total. The van der Waals surface area contributed by atoms with Crippen LogP contribution in [0.1, 0.15) is 11.1 Å². The van der Waals surface area contributed by atoms with Gasteiger partial charge in [-0.3, -0.25) is 4.79 Å². The molecule has 3 aromatic carbocycles. The number of aromatic nitrogens is 1. The molecule has 1 amide bonds. The van der Waals surface area contributed by atoms with E-state index in [0.29, 0.717) is 0 Å². The first-order chi connectivity index (χ1) is 14.3. The smallest absolute Gasteiger partial charge is 0.240 e. The minimum absolute atomic E-state index is 0.153. The van der Waals surface area contributed by atoms with Gasteiger partial charge in [-0.15, -0.1) is 0 Å². The summed E-state index contributed by atoms with van der Waals surface area (Å²) >= 11 is 0. The Kier molecular flexibility index (Phi) is 4.78. The third-order valence-electron chi connectivity index (χ3n) is 5.97. The first kappa shape index (κ1) is 18.0. The highest BCUT2D eigenvalue weighted by atomic mass is 16.2. The number of benzene rings is 3. The van der Waals surface area contributed by atoms with Crippen molar-refractivity contribution in [2.75, 3.05) is 19.6 Å². The summed E-state index contributed by atoms with van der Waals surface area (Å²) in [7, 11) is 0. The van der Waals surface area contributed by atoms with Crippen LogP contribution in [0.3, 0.4) is 0 Å². The van der Waals surface area contributed by atoms with Crippen LogP contribution in [0.2, 0.25) is 0 Å². The monoisotopic (exact) mass is 383 g/mol. The Morgan fingerprint density at radius 3 is 2.72 bits per heavy atom. The molecule has 1 aromatic heterocycles. The van der Waals surface area contributed by atoms with Crippen LogP contribution in [0.5, 0.6) is 0 Å². The van der Waals surface area contributed by atoms with Gasteiger partial charge in [-0.1, -0.05) is 60.7 Å². The van der Waals surface area contributed by atoms with Crippen molar-refractivity contribution in [1.82, 2.24) is 15.2 Å². The third-order valence-corrected chi connectivity index (χ3v) is 5.97. The van der Waals surface area contributed by atoms with E-state index in [1.165, 1.54) is 27.3 Å². The Balaban J connectivity index is 1.26. The zero-order valence-corrected chi connectivity index (χ0v) is 16.4. The molecule has 1 unspecified atom stereocenters. The maximum absolute atomic E-state index is 13.1. The fraction of sp³-hybridized carbons (Fsp3) is 0.240. The molecule has 1 aliphatic heterocycles. The lowest BCUT2D eigenvalue weighted by Crippen LogP contribution is -2.56. The molecule has 0 aliphatic carbocycles. The summed E-state index contributed by atoms with van der Waals surface area (Å²) < 4.78 is 0. The van der Waals surface area contributed by atoms with E-state index in [-0.39, 0.29) is 11.9 Å². The van der Waals surface area contributed by atoms with Crippen molar-refractivity contribution in [3.63, 3.8) is 0 Å². The molecule has 1 fully saturated rings. The molecule has 0 bridgehead atoms. The first-order valence-corrected chi connectivity index (χ1v) is 10.3. The summed E-state index contributed by atoms with van der Waals surface area (Å²) in [6.45, 7) is 2.39. The third kappa shape index (κ3) is 3.64. The van der Waals surface area contributed by atoms with Crippen LogP contribution >= 0.6 is 0 Å². The van der Waals surface area contributed by atoms with E-state index in [1.807, 2.05) is 23.2 Å². The number of nitrogens with one attached hydrogen (secondary N) is 2. The quantitative estimate of drug-likeness (QED) is 0.549. The fourth-order valence-electron chi connectivity index (χ4n) is 4.35. The van der Waals surface area contributed by atoms with Gasteiger partial charge >= 0.3 is 0 Å². The number of hydrogen-bond acceptors (Lipinski definition) is 2. The number of H-pyrrole nitrogens is 1. The van der Waals surface area contributed by atoms with Gasteiger partial charge in [0.1, 0.15) is 0 Å². The van der Waals surface area contributed by atoms with Crippen LogP contribution in [-0.2, 0) is 17.6 Å². The van der Waals surface area contributed by atoms with E-state index in [4.69, 9.17) is 0 Å². The minimum atomic E-state index is -0.153. The molecule has 1 atom stereocenters. The Hall–Kier alpha value is -3.11. The zero-order chi connectivity index (χ0) is 19.6. The van der Waals surface area contributed by atoms with Gasteiger partial charge in [0, 0.05) is 36.7 Å². The van der Waals surface area contributed by atoms with Gasteiger partial charge in [0.15, 0.2) is 0 Å². The molecule has 2 N–H and O–H groups in total. The average Bonchev–Trinajstić information content (AvgIpc) is 3.17. The Bertz CT molecular complexity index is 1160. The Morgan fingerprint density at radius 1 is 0.966 bits per heavy atom. The second-order valence-electron chi connectivity index (χ2n) is 7.83. The molecule has 0 spiro atoms. The second-order valence-corrected chi connectivity index (χ2v) is 7.83. The minimum Gasteiger partial charge on any atom is -0.361 e. The highest BCUT2D eigenvalue weighted by Gasteiger charge is 2.28. The number of para-hydroxylation sites is 1. The fourth-order valence-corrected chi connectivity index (χ4v) is 4.35. The highest BCUT2D eigenvalue weighted by Crippen LogP contribution is 2.21. The van der Waals surface area contributed by atoms with E-state index in [2.05, 4.69) is 64.9 Å². The molecule has 29 heavy (non-hydrogen) atoms. The van der Waals surface area contributed by atoms with Crippen LogP contribution in [0.25, 0.3) is 21.7 Å². The van der Waals surface area contributed by atoms with Crippen molar-refractivity contribution < 1.29 is 4.79 Å². The maximum Gasteiger partial charge on any atom is 0.240 e. The maximum atomic E-state index is 13.1. The largest absolute Gasteiger partial charge is 0.361 e. The molecule has 1 aliphatic rings. The number of amides is 1. The predicted octanol–water partition coefficient (Wildman–Crippen LogP) is 3.91. The average molecular weight is 383 g/mol. The Labute approximate surface area is 170 Å². The number of piperazine rings is 1. The predicted molar refractivity (Wildman–Crippen MR) is 118 cm³/mol. The number of rotatable bonds is 5. The standard InChI is InChI=1S/C25H25N3O/c29-25-24(16-21-17-27-23-8-4-3-7-22(21)23)26-12-14-28(25)13-11-18-9-10-19-5-1-2-6-20(19)15-18/h1-10,15,17,24,26-27H,11-14,16H2. The zero-order valence-electron chi connectivity index (χ0n) is 16.4. The van der Waals surface area contributed by atoms with Crippen molar-refractivity contribution in [2.24, 2.45) is 0 Å². The van der Waals surface area contributed by atoms with E-state index in [0.717, 1.165) is 38.0 Å². The lowest BCUT2D eigenvalue weighted by Gasteiger charge is -2.33. The van der Waals surface area contributed by atoms with E-state index < -0.39 is 0 Å². The summed E-state index contributed by atoms with van der Waals surface area (Å²) in [6.07, 6.45) is 3.64. The summed E-state index contributed by atoms with van der Waals surface area (Å²) in [5.41, 5.74) is 3.60. The molecule has 0 radical (unpaired) electrons. The van der Waals surface area contributed by atoms with Crippen LogP contribution in [-0.4, -0.2) is 41.5 Å². The number of hydrogen-bond donors (Lipinski definition) is 2. The van der Waals surface area contributed by atoms with E-state index in [1.54, 1.807) is 0 Å². The van der Waals surface area contributed by atoms with Crippen molar-refractivity contribution >= 4 is 27.6 Å². The van der Waals surface area contributed by atoms with Gasteiger partial charge in [0.05, 0.1) is 6.04 Å². The van der Waals surface area contributed by atoms with Gasteiger partial charge in [0.2, 0.25) is 5.91 Å². The number of carbonyl (C=O) groups excluding carboxylic acids is 1. The molecule has 1 saturated heterocycles. The molecular formula is C25H25N3O. The molecule has 5 rings (SSSR count). The number of carbonyl (C=O) groups is 1. The van der Waals surface area contributed by atoms with Crippen molar-refractivity contribution in [1.29, 1.82) is 0 Å². The topological polar surface area (TPSA) is 48.1 Å². The van der Waals surface area contributed by atoms with Crippen LogP contribution in [0.15, 0.2) is 72.9 Å². The van der Waals surface area contributed by atoms with Crippen LogP contribution in [0, 0.1) is 0 Å². The SMILES string of the molecule is O=C1C(Cc2c[nH]c3ccccc23)NCCN1CCc1ccc2ccccc2c1. The van der Waals surface area contributed by atoms with Gasteiger partial charge in [-0.2, -0.15) is 0 Å². The normalized spacial score (nSPS) is 17.3. The van der Waals surface area contributed by atoms with Crippen molar-refractivity contribution in [2.45, 2.75) is 18.9 Å². The lowest BCUT2D eigenvalue weighted by molar-refractivity contribution is -0.135. The summed E-state index contributed by atoms with van der Waals surface area (Å²) in [5, 5.41) is 7.14. The molecule has 0 saturated carbocycles. The van der Waals surface area contributed by atoms with Gasteiger partial charge < -0.3 is 15.2 Å². The van der Waals surface area contributed by atoms with Gasteiger partial charge in [0.25, 0.3) is 0 Å². The van der Waals surface area contributed by atoms with Gasteiger partial charge in [-0.25, -0.2) is 0 Å². The van der Waals surface area contributed by atoms with Gasteiger partial charge in [-0.05, 0) is 40.8 Å². The number of aromatic amines is 1. The second kappa shape index (κ2) is 7.72. The molecule has 146 valence electrons. The van der Waals surface area contributed by atoms with Crippen molar-refractivity contribution in [3.8, 4) is 0 Å². The summed E-state index contributed by atoms with van der Waals surface area (Å²) in [5.74, 6) is 0.210. The van der Waals surface area contributed by atoms with Crippen molar-refractivity contribution in [3.05, 3.63) is 84.1 Å². The summed E-state index contributed by atoms with van der Waals surface area (Å²) in [4.78, 5) is 18.4. The van der Waals surface area contributed by atoms with E-state index >= 15 is 0 Å². The molecule has 2 heterocycles. The summed E-state index contributed by atoms with van der Waals surface area (Å²) in [6, 6.07) is 23.1. The Morgan fingerprint density at radius 2 is 1.79 bits per heavy atom. The molecular weight excluding hydrogens is 358 g/mol. The first-order valence-electron chi connectivity index (χ1n) is 10.3. The van der Waals surface area contributed by atoms with Crippen LogP contribution in [0.4, 0.5) is 0 Å².